The average molecular weight is 549 g/mol. The number of hydrogen-bond acceptors (Lipinski definition) is 7. The summed E-state index contributed by atoms with van der Waals surface area (Å²) in [5.74, 6) is -0.903. The second-order valence-electron chi connectivity index (χ2n) is 8.95. The summed E-state index contributed by atoms with van der Waals surface area (Å²) in [6.45, 7) is 5.07. The first-order valence-electron chi connectivity index (χ1n) is 12.4. The van der Waals surface area contributed by atoms with Crippen molar-refractivity contribution in [3.8, 4) is 5.75 Å². The molecule has 2 aromatic rings. The lowest BCUT2D eigenvalue weighted by atomic mass is 10.1. The van der Waals surface area contributed by atoms with Gasteiger partial charge in [-0.15, -0.1) is 0 Å². The Morgan fingerprint density at radius 2 is 1.76 bits per heavy atom. The minimum absolute atomic E-state index is 0.0474. The molecule has 12 heteroatoms. The van der Waals surface area contributed by atoms with Crippen LogP contribution in [0, 0.1) is 10.1 Å². The molecule has 0 fully saturated rings. The van der Waals surface area contributed by atoms with Gasteiger partial charge in [-0.3, -0.25) is 24.0 Å². The van der Waals surface area contributed by atoms with Crippen LogP contribution in [-0.4, -0.2) is 68.6 Å². The van der Waals surface area contributed by atoms with Gasteiger partial charge in [-0.05, 0) is 37.8 Å². The van der Waals surface area contributed by atoms with Crippen LogP contribution in [0.25, 0.3) is 0 Å². The van der Waals surface area contributed by atoms with E-state index >= 15 is 0 Å². The average Bonchev–Trinajstić information content (AvgIpc) is 2.88. The number of methoxy groups -OCH3 is 1. The lowest BCUT2D eigenvalue weighted by Crippen LogP contribution is -2.54. The number of nitrogens with one attached hydrogen (secondary N) is 1. The minimum atomic E-state index is -4.08. The molecule has 2 unspecified atom stereocenters. The molecular formula is C26H36N4O7S. The van der Waals surface area contributed by atoms with Gasteiger partial charge >= 0.3 is 0 Å². The van der Waals surface area contributed by atoms with Crippen molar-refractivity contribution in [2.45, 2.75) is 52.1 Å². The number of ether oxygens (including phenoxy) is 1. The Bertz CT molecular complexity index is 1220. The maximum Gasteiger partial charge on any atom is 0.271 e. The lowest BCUT2D eigenvalue weighted by Gasteiger charge is -2.33. The molecule has 0 radical (unpaired) electrons. The third kappa shape index (κ3) is 8.17. The van der Waals surface area contributed by atoms with E-state index in [0.29, 0.717) is 19.3 Å². The zero-order valence-corrected chi connectivity index (χ0v) is 23.2. The van der Waals surface area contributed by atoms with Gasteiger partial charge in [0.1, 0.15) is 24.0 Å². The number of nitrogens with zero attached hydrogens (tertiary/aromatic N) is 3. The van der Waals surface area contributed by atoms with Crippen LogP contribution in [0.15, 0.2) is 48.5 Å². The highest BCUT2D eigenvalue weighted by Crippen LogP contribution is 2.33. The van der Waals surface area contributed by atoms with Crippen LogP contribution in [0.2, 0.25) is 0 Å². The van der Waals surface area contributed by atoms with Crippen LogP contribution >= 0.6 is 0 Å². The van der Waals surface area contributed by atoms with Gasteiger partial charge in [0.25, 0.3) is 5.69 Å². The Labute approximate surface area is 224 Å². The van der Waals surface area contributed by atoms with Gasteiger partial charge in [0.2, 0.25) is 21.8 Å². The summed E-state index contributed by atoms with van der Waals surface area (Å²) >= 11 is 0. The summed E-state index contributed by atoms with van der Waals surface area (Å²) < 4.78 is 31.7. The van der Waals surface area contributed by atoms with Crippen molar-refractivity contribution in [1.29, 1.82) is 0 Å². The summed E-state index contributed by atoms with van der Waals surface area (Å²) in [6, 6.07) is 12.0. The first-order valence-corrected chi connectivity index (χ1v) is 14.2. The molecule has 2 atom stereocenters. The summed E-state index contributed by atoms with van der Waals surface area (Å²) in [6.07, 6.45) is 2.36. The molecule has 0 aliphatic rings. The third-order valence-electron chi connectivity index (χ3n) is 6.19. The molecular weight excluding hydrogens is 512 g/mol. The quantitative estimate of drug-likeness (QED) is 0.283. The van der Waals surface area contributed by atoms with Crippen LogP contribution in [0.4, 0.5) is 11.4 Å². The third-order valence-corrected chi connectivity index (χ3v) is 7.32. The highest BCUT2D eigenvalue weighted by atomic mass is 32.2. The number of carbonyl (C=O) groups excluding carboxylic acids is 2. The lowest BCUT2D eigenvalue weighted by molar-refractivity contribution is -0.384. The molecule has 0 bridgehead atoms. The van der Waals surface area contributed by atoms with Crippen molar-refractivity contribution < 1.29 is 27.7 Å². The van der Waals surface area contributed by atoms with Crippen LogP contribution < -0.4 is 14.4 Å². The maximum atomic E-state index is 13.7. The number of nitro groups is 1. The van der Waals surface area contributed by atoms with Gasteiger partial charge in [0, 0.05) is 24.7 Å². The minimum Gasteiger partial charge on any atom is -0.495 e. The van der Waals surface area contributed by atoms with Crippen LogP contribution in [-0.2, 0) is 26.0 Å². The van der Waals surface area contributed by atoms with Crippen molar-refractivity contribution in [2.24, 2.45) is 0 Å². The summed E-state index contributed by atoms with van der Waals surface area (Å²) in [4.78, 5) is 39.0. The van der Waals surface area contributed by atoms with Crippen molar-refractivity contribution in [1.82, 2.24) is 10.2 Å². The van der Waals surface area contributed by atoms with Gasteiger partial charge in [-0.2, -0.15) is 0 Å². The fourth-order valence-electron chi connectivity index (χ4n) is 3.92. The van der Waals surface area contributed by atoms with Gasteiger partial charge < -0.3 is 15.0 Å². The number of amides is 2. The largest absolute Gasteiger partial charge is 0.495 e. The fourth-order valence-corrected chi connectivity index (χ4v) is 4.76. The van der Waals surface area contributed by atoms with E-state index in [-0.39, 0.29) is 35.6 Å². The van der Waals surface area contributed by atoms with E-state index < -0.39 is 33.4 Å². The number of anilines is 1. The standard InChI is InChI=1S/C26H36N4O7S/c1-6-19(3)27-26(32)22(7-2)28(16-15-20-11-9-8-10-12-20)25(31)18-29(38(5,35)36)23-17-21(30(33)34)13-14-24(23)37-4/h8-14,17,19,22H,6-7,15-16,18H2,1-5H3,(H,27,32). The Balaban J connectivity index is 2.49. The monoisotopic (exact) mass is 548 g/mol. The number of carbonyl (C=O) groups is 2. The van der Waals surface area contributed by atoms with Crippen LogP contribution in [0.5, 0.6) is 5.75 Å². The number of sulfonamides is 1. The topological polar surface area (TPSA) is 139 Å². The number of hydrogen-bond donors (Lipinski definition) is 1. The molecule has 0 aliphatic heterocycles. The molecule has 0 saturated carbocycles. The molecule has 0 spiro atoms. The second-order valence-corrected chi connectivity index (χ2v) is 10.9. The molecule has 2 aromatic carbocycles. The Morgan fingerprint density at radius 3 is 2.29 bits per heavy atom. The van der Waals surface area contributed by atoms with Crippen molar-refractivity contribution in [3.05, 3.63) is 64.2 Å². The SMILES string of the molecule is CCC(C)NC(=O)C(CC)N(CCc1ccccc1)C(=O)CN(c1cc([N+](=O)[O-])ccc1OC)S(C)(=O)=O. The number of nitro benzene ring substituents is 1. The Kier molecular flexibility index (Phi) is 11.1. The Hall–Kier alpha value is -3.67. The summed E-state index contributed by atoms with van der Waals surface area (Å²) in [5, 5.41) is 14.3. The van der Waals surface area contributed by atoms with Gasteiger partial charge in [-0.1, -0.05) is 44.2 Å². The molecule has 1 N–H and O–H groups in total. The molecule has 0 heterocycles. The zero-order chi connectivity index (χ0) is 28.5. The van der Waals surface area contributed by atoms with E-state index in [9.17, 15) is 28.1 Å². The zero-order valence-electron chi connectivity index (χ0n) is 22.4. The Morgan fingerprint density at radius 1 is 1.11 bits per heavy atom. The molecule has 2 rings (SSSR count). The van der Waals surface area contributed by atoms with Crippen molar-refractivity contribution in [3.63, 3.8) is 0 Å². The van der Waals surface area contributed by atoms with Crippen molar-refractivity contribution in [2.75, 3.05) is 30.8 Å². The smallest absolute Gasteiger partial charge is 0.271 e. The maximum absolute atomic E-state index is 13.7. The molecule has 0 saturated heterocycles. The second kappa shape index (κ2) is 13.8. The first-order chi connectivity index (χ1) is 17.9. The first kappa shape index (κ1) is 30.6. The summed E-state index contributed by atoms with van der Waals surface area (Å²) in [7, 11) is -2.78. The van der Waals surface area contributed by atoms with E-state index in [2.05, 4.69) is 5.32 Å². The van der Waals surface area contributed by atoms with E-state index in [1.54, 1.807) is 6.92 Å². The van der Waals surface area contributed by atoms with Gasteiger partial charge in [-0.25, -0.2) is 8.42 Å². The van der Waals surface area contributed by atoms with Crippen LogP contribution in [0.3, 0.4) is 0 Å². The highest BCUT2D eigenvalue weighted by Gasteiger charge is 2.33. The van der Waals surface area contributed by atoms with E-state index in [4.69, 9.17) is 4.74 Å². The molecule has 208 valence electrons. The molecule has 2 amide bonds. The predicted octanol–water partition coefficient (Wildman–Crippen LogP) is 3.13. The van der Waals surface area contributed by atoms with E-state index in [0.717, 1.165) is 22.2 Å². The normalized spacial score (nSPS) is 12.8. The summed E-state index contributed by atoms with van der Waals surface area (Å²) in [5.41, 5.74) is 0.447. The molecule has 11 nitrogen and oxygen atoms in total. The molecule has 38 heavy (non-hydrogen) atoms. The van der Waals surface area contributed by atoms with Crippen LogP contribution in [0.1, 0.15) is 39.2 Å². The van der Waals surface area contributed by atoms with Crippen molar-refractivity contribution >= 4 is 33.2 Å². The molecule has 0 aliphatic carbocycles. The highest BCUT2D eigenvalue weighted by molar-refractivity contribution is 7.92. The number of non-ortho nitro benzene ring substituents is 1. The van der Waals surface area contributed by atoms with E-state index in [1.165, 1.54) is 24.1 Å². The number of rotatable bonds is 14. The fraction of sp³-hybridized carbons (Fsp3) is 0.462. The van der Waals surface area contributed by atoms with Gasteiger partial charge in [0.05, 0.1) is 18.3 Å². The predicted molar refractivity (Wildman–Crippen MR) is 146 cm³/mol. The van der Waals surface area contributed by atoms with Gasteiger partial charge in [0.15, 0.2) is 0 Å². The number of benzene rings is 2. The van der Waals surface area contributed by atoms with E-state index in [1.807, 2.05) is 44.2 Å². The molecule has 0 aromatic heterocycles.